The molecule has 2 saturated heterocycles. The van der Waals surface area contributed by atoms with Gasteiger partial charge in [-0.15, -0.1) is 0 Å². The number of carbonyl (C=O) groups is 2. The Morgan fingerprint density at radius 3 is 2.28 bits per heavy atom. The van der Waals surface area contributed by atoms with Gasteiger partial charge in [-0.2, -0.15) is 4.31 Å². The summed E-state index contributed by atoms with van der Waals surface area (Å²) in [6.45, 7) is 3.83. The predicted octanol–water partition coefficient (Wildman–Crippen LogP) is 1.82. The maximum absolute atomic E-state index is 12.8. The minimum Gasteiger partial charge on any atom is -0.323 e. The summed E-state index contributed by atoms with van der Waals surface area (Å²) in [5.41, 5.74) is -1.01. The molecule has 2 heterocycles. The van der Waals surface area contributed by atoms with Crippen molar-refractivity contribution in [2.24, 2.45) is 0 Å². The standard InChI is InChI=1S/C16H20ClN3O4S/c1-11(2)20-14(21)16(18-15(20)22)7-9-19(10-8-16)25(23,24)13-6-4-3-5-12(13)17/h3-6,11H,7-10H2,1-2H3,(H,18,22). The van der Waals surface area contributed by atoms with Gasteiger partial charge in [0.15, 0.2) is 0 Å². The zero-order chi connectivity index (χ0) is 18.4. The molecule has 1 aromatic rings. The summed E-state index contributed by atoms with van der Waals surface area (Å²) in [6.07, 6.45) is 0.481. The second-order valence-electron chi connectivity index (χ2n) is 6.62. The number of hydrogen-bond donors (Lipinski definition) is 1. The van der Waals surface area contributed by atoms with Crippen molar-refractivity contribution in [2.45, 2.75) is 43.2 Å². The van der Waals surface area contributed by atoms with Crippen molar-refractivity contribution in [3.05, 3.63) is 29.3 Å². The first kappa shape index (κ1) is 18.2. The third-order valence-electron chi connectivity index (χ3n) is 4.74. The number of benzene rings is 1. The molecule has 3 rings (SSSR count). The van der Waals surface area contributed by atoms with Crippen LogP contribution in [0.4, 0.5) is 4.79 Å². The zero-order valence-electron chi connectivity index (χ0n) is 14.0. The highest BCUT2D eigenvalue weighted by atomic mass is 35.5. The molecule has 25 heavy (non-hydrogen) atoms. The van der Waals surface area contributed by atoms with Crippen molar-refractivity contribution in [2.75, 3.05) is 13.1 Å². The number of amides is 3. The summed E-state index contributed by atoms with van der Waals surface area (Å²) in [4.78, 5) is 26.0. The Morgan fingerprint density at radius 2 is 1.76 bits per heavy atom. The van der Waals surface area contributed by atoms with Gasteiger partial charge in [-0.1, -0.05) is 23.7 Å². The summed E-state index contributed by atoms with van der Waals surface area (Å²) < 4.78 is 26.9. The fourth-order valence-electron chi connectivity index (χ4n) is 3.35. The highest BCUT2D eigenvalue weighted by Gasteiger charge is 2.54. The van der Waals surface area contributed by atoms with Gasteiger partial charge in [-0.3, -0.25) is 9.69 Å². The lowest BCUT2D eigenvalue weighted by Crippen LogP contribution is -2.56. The Hall–Kier alpha value is -1.64. The second-order valence-corrected chi connectivity index (χ2v) is 8.93. The van der Waals surface area contributed by atoms with E-state index in [1.165, 1.54) is 21.3 Å². The number of nitrogens with one attached hydrogen (secondary N) is 1. The highest BCUT2D eigenvalue weighted by Crippen LogP contribution is 2.33. The van der Waals surface area contributed by atoms with Crippen molar-refractivity contribution in [3.8, 4) is 0 Å². The van der Waals surface area contributed by atoms with E-state index in [1.54, 1.807) is 26.0 Å². The fraction of sp³-hybridized carbons (Fsp3) is 0.500. The summed E-state index contributed by atoms with van der Waals surface area (Å²) in [5.74, 6) is -0.276. The summed E-state index contributed by atoms with van der Waals surface area (Å²) in [5, 5.41) is 2.93. The van der Waals surface area contributed by atoms with Crippen molar-refractivity contribution >= 4 is 33.6 Å². The maximum atomic E-state index is 12.8. The largest absolute Gasteiger partial charge is 0.325 e. The molecule has 9 heteroatoms. The molecule has 136 valence electrons. The first-order valence-corrected chi connectivity index (χ1v) is 9.91. The number of nitrogens with zero attached hydrogens (tertiary/aromatic N) is 2. The molecule has 1 N–H and O–H groups in total. The van der Waals surface area contributed by atoms with E-state index in [-0.39, 0.29) is 47.8 Å². The summed E-state index contributed by atoms with van der Waals surface area (Å²) >= 11 is 6.02. The normalized spacial score (nSPS) is 21.2. The van der Waals surface area contributed by atoms with Crippen LogP contribution in [0, 0.1) is 0 Å². The van der Waals surface area contributed by atoms with Gasteiger partial charge in [0.1, 0.15) is 10.4 Å². The molecule has 2 aliphatic heterocycles. The van der Waals surface area contributed by atoms with Crippen LogP contribution in [0.5, 0.6) is 0 Å². The lowest BCUT2D eigenvalue weighted by Gasteiger charge is -2.36. The summed E-state index contributed by atoms with van der Waals surface area (Å²) in [7, 11) is -3.74. The summed E-state index contributed by atoms with van der Waals surface area (Å²) in [6, 6.07) is 5.62. The molecule has 0 aromatic heterocycles. The lowest BCUT2D eigenvalue weighted by molar-refractivity contribution is -0.133. The van der Waals surface area contributed by atoms with E-state index in [0.29, 0.717) is 0 Å². The number of piperidine rings is 1. The van der Waals surface area contributed by atoms with Crippen LogP contribution in [0.2, 0.25) is 5.02 Å². The van der Waals surface area contributed by atoms with Crippen molar-refractivity contribution in [1.82, 2.24) is 14.5 Å². The Kier molecular flexibility index (Phi) is 4.55. The molecule has 0 unspecified atom stereocenters. The second kappa shape index (κ2) is 6.26. The quantitative estimate of drug-likeness (QED) is 0.804. The molecular weight excluding hydrogens is 366 g/mol. The van der Waals surface area contributed by atoms with Gasteiger partial charge in [-0.25, -0.2) is 13.2 Å². The molecule has 0 radical (unpaired) electrons. The van der Waals surface area contributed by atoms with Crippen molar-refractivity contribution in [3.63, 3.8) is 0 Å². The van der Waals surface area contributed by atoms with E-state index in [2.05, 4.69) is 5.32 Å². The smallest absolute Gasteiger partial charge is 0.323 e. The SMILES string of the molecule is CC(C)N1C(=O)NC2(CCN(S(=O)(=O)c3ccccc3Cl)CC2)C1=O. The number of urea groups is 1. The van der Waals surface area contributed by atoms with E-state index >= 15 is 0 Å². The molecule has 0 saturated carbocycles. The fourth-order valence-corrected chi connectivity index (χ4v) is 5.29. The van der Waals surface area contributed by atoms with Crippen LogP contribution >= 0.6 is 11.6 Å². The molecule has 0 atom stereocenters. The molecule has 0 aliphatic carbocycles. The van der Waals surface area contributed by atoms with E-state index in [9.17, 15) is 18.0 Å². The van der Waals surface area contributed by atoms with E-state index in [0.717, 1.165) is 0 Å². The monoisotopic (exact) mass is 385 g/mol. The Labute approximate surface area is 152 Å². The van der Waals surface area contributed by atoms with Gasteiger partial charge in [0, 0.05) is 19.1 Å². The number of hydrogen-bond acceptors (Lipinski definition) is 4. The topological polar surface area (TPSA) is 86.8 Å². The maximum Gasteiger partial charge on any atom is 0.325 e. The van der Waals surface area contributed by atoms with Gasteiger partial charge in [0.05, 0.1) is 5.02 Å². The minimum atomic E-state index is -3.74. The Bertz CT molecular complexity index is 816. The molecule has 2 aliphatic rings. The van der Waals surface area contributed by atoms with Crippen molar-refractivity contribution in [1.29, 1.82) is 0 Å². The third kappa shape index (κ3) is 2.92. The number of imide groups is 1. The molecule has 2 fully saturated rings. The first-order valence-electron chi connectivity index (χ1n) is 8.09. The van der Waals surface area contributed by atoms with Crippen LogP contribution in [0.15, 0.2) is 29.2 Å². The van der Waals surface area contributed by atoms with Gasteiger partial charge in [-0.05, 0) is 38.8 Å². The average molecular weight is 386 g/mol. The van der Waals surface area contributed by atoms with Crippen LogP contribution in [0.3, 0.4) is 0 Å². The number of halogens is 1. The molecule has 1 aromatic carbocycles. The van der Waals surface area contributed by atoms with Gasteiger partial charge in [0.25, 0.3) is 5.91 Å². The van der Waals surface area contributed by atoms with Crippen LogP contribution in [-0.2, 0) is 14.8 Å². The van der Waals surface area contributed by atoms with Gasteiger partial charge >= 0.3 is 6.03 Å². The first-order chi connectivity index (χ1) is 11.7. The molecule has 7 nitrogen and oxygen atoms in total. The Balaban J connectivity index is 1.80. The van der Waals surface area contributed by atoms with Crippen LogP contribution in [0.25, 0.3) is 0 Å². The highest BCUT2D eigenvalue weighted by molar-refractivity contribution is 7.89. The predicted molar refractivity (Wildman–Crippen MR) is 92.7 cm³/mol. The average Bonchev–Trinajstić information content (AvgIpc) is 2.78. The van der Waals surface area contributed by atoms with Crippen LogP contribution < -0.4 is 5.32 Å². The molecular formula is C16H20ClN3O4S. The number of carbonyl (C=O) groups excluding carboxylic acids is 2. The van der Waals surface area contributed by atoms with Crippen LogP contribution in [-0.4, -0.2) is 54.2 Å². The molecule has 1 spiro atoms. The Morgan fingerprint density at radius 1 is 1.16 bits per heavy atom. The molecule has 3 amide bonds. The third-order valence-corrected chi connectivity index (χ3v) is 7.14. The van der Waals surface area contributed by atoms with E-state index in [4.69, 9.17) is 11.6 Å². The van der Waals surface area contributed by atoms with Crippen molar-refractivity contribution < 1.29 is 18.0 Å². The van der Waals surface area contributed by atoms with E-state index in [1.807, 2.05) is 0 Å². The minimum absolute atomic E-state index is 0.0539. The van der Waals surface area contributed by atoms with Gasteiger partial charge < -0.3 is 5.32 Å². The molecule has 0 bridgehead atoms. The van der Waals surface area contributed by atoms with E-state index < -0.39 is 21.6 Å². The number of rotatable bonds is 3. The lowest BCUT2D eigenvalue weighted by atomic mass is 9.88. The van der Waals surface area contributed by atoms with Crippen LogP contribution in [0.1, 0.15) is 26.7 Å². The zero-order valence-corrected chi connectivity index (χ0v) is 15.6. The van der Waals surface area contributed by atoms with Gasteiger partial charge in [0.2, 0.25) is 10.0 Å². The number of sulfonamides is 1.